The van der Waals surface area contributed by atoms with Gasteiger partial charge in [0.05, 0.1) is 0 Å². The van der Waals surface area contributed by atoms with E-state index in [0.717, 1.165) is 19.3 Å². The first-order chi connectivity index (χ1) is 5.69. The second kappa shape index (κ2) is 4.28. The summed E-state index contributed by atoms with van der Waals surface area (Å²) < 4.78 is 0. The van der Waals surface area contributed by atoms with Crippen LogP contribution in [-0.4, -0.2) is 5.54 Å². The van der Waals surface area contributed by atoms with Gasteiger partial charge in [0.1, 0.15) is 0 Å². The first-order valence-electron chi connectivity index (χ1n) is 5.16. The smallest absolute Gasteiger partial charge is 0.0126 e. The standard InChI is InChI=1S/C12H25N/c1-7-12(6,13)9-8-10(2)11(3,4)5/h2,7-9,13H2,1,3-6H3. The summed E-state index contributed by atoms with van der Waals surface area (Å²) in [6.07, 6.45) is 3.12. The Labute approximate surface area is 83.4 Å². The molecule has 13 heavy (non-hydrogen) atoms. The minimum atomic E-state index is -0.0197. The Morgan fingerprint density at radius 3 is 2.00 bits per heavy atom. The number of hydrogen-bond acceptors (Lipinski definition) is 1. The second-order valence-electron chi connectivity index (χ2n) is 5.36. The third-order valence-electron chi connectivity index (χ3n) is 2.87. The molecule has 0 fully saturated rings. The molecule has 0 aliphatic heterocycles. The van der Waals surface area contributed by atoms with Gasteiger partial charge in [-0.2, -0.15) is 0 Å². The minimum absolute atomic E-state index is 0.0197. The molecule has 0 rings (SSSR count). The summed E-state index contributed by atoms with van der Waals surface area (Å²) in [5.74, 6) is 0. The van der Waals surface area contributed by atoms with Crippen LogP contribution in [0.3, 0.4) is 0 Å². The van der Waals surface area contributed by atoms with E-state index in [9.17, 15) is 0 Å². The number of allylic oxidation sites excluding steroid dienone is 1. The highest BCUT2D eigenvalue weighted by Crippen LogP contribution is 2.29. The van der Waals surface area contributed by atoms with E-state index in [-0.39, 0.29) is 11.0 Å². The van der Waals surface area contributed by atoms with E-state index in [0.29, 0.717) is 0 Å². The van der Waals surface area contributed by atoms with E-state index in [2.05, 4.69) is 41.2 Å². The second-order valence-corrected chi connectivity index (χ2v) is 5.36. The molecule has 2 N–H and O–H groups in total. The van der Waals surface area contributed by atoms with Gasteiger partial charge in [-0.15, -0.1) is 0 Å². The van der Waals surface area contributed by atoms with Crippen molar-refractivity contribution in [1.82, 2.24) is 0 Å². The van der Waals surface area contributed by atoms with Gasteiger partial charge in [0, 0.05) is 5.54 Å². The molecular weight excluding hydrogens is 158 g/mol. The molecule has 0 radical (unpaired) electrons. The summed E-state index contributed by atoms with van der Waals surface area (Å²) in [6.45, 7) is 15.0. The molecule has 0 aromatic rings. The molecular formula is C12H25N. The lowest BCUT2D eigenvalue weighted by Gasteiger charge is -2.27. The molecule has 0 spiro atoms. The Bertz CT molecular complexity index is 172. The molecule has 78 valence electrons. The Morgan fingerprint density at radius 1 is 1.23 bits per heavy atom. The van der Waals surface area contributed by atoms with E-state index in [4.69, 9.17) is 5.73 Å². The predicted molar refractivity (Wildman–Crippen MR) is 60.7 cm³/mol. The van der Waals surface area contributed by atoms with Gasteiger partial charge in [-0.3, -0.25) is 0 Å². The Hall–Kier alpha value is -0.300. The zero-order valence-electron chi connectivity index (χ0n) is 9.91. The minimum Gasteiger partial charge on any atom is -0.325 e. The maximum Gasteiger partial charge on any atom is 0.0126 e. The summed E-state index contributed by atoms with van der Waals surface area (Å²) in [5.41, 5.74) is 7.58. The topological polar surface area (TPSA) is 26.0 Å². The van der Waals surface area contributed by atoms with Crippen LogP contribution in [0.2, 0.25) is 0 Å². The summed E-state index contributed by atoms with van der Waals surface area (Å²) in [7, 11) is 0. The summed E-state index contributed by atoms with van der Waals surface area (Å²) >= 11 is 0. The van der Waals surface area contributed by atoms with E-state index < -0.39 is 0 Å². The van der Waals surface area contributed by atoms with Crippen LogP contribution in [0, 0.1) is 5.41 Å². The molecule has 0 aliphatic carbocycles. The van der Waals surface area contributed by atoms with Gasteiger partial charge in [-0.1, -0.05) is 39.8 Å². The Morgan fingerprint density at radius 2 is 1.69 bits per heavy atom. The van der Waals surface area contributed by atoms with E-state index >= 15 is 0 Å². The van der Waals surface area contributed by atoms with Crippen molar-refractivity contribution in [2.75, 3.05) is 0 Å². The highest BCUT2D eigenvalue weighted by molar-refractivity contribution is 5.05. The van der Waals surface area contributed by atoms with Crippen molar-refractivity contribution in [3.63, 3.8) is 0 Å². The fourth-order valence-corrected chi connectivity index (χ4v) is 0.988. The summed E-state index contributed by atoms with van der Waals surface area (Å²) in [6, 6.07) is 0. The van der Waals surface area contributed by atoms with Crippen molar-refractivity contribution in [2.24, 2.45) is 11.1 Å². The van der Waals surface area contributed by atoms with Crippen LogP contribution in [-0.2, 0) is 0 Å². The van der Waals surface area contributed by atoms with Crippen molar-refractivity contribution >= 4 is 0 Å². The van der Waals surface area contributed by atoms with Crippen LogP contribution < -0.4 is 5.73 Å². The fourth-order valence-electron chi connectivity index (χ4n) is 0.988. The van der Waals surface area contributed by atoms with Gasteiger partial charge in [0.2, 0.25) is 0 Å². The first-order valence-corrected chi connectivity index (χ1v) is 5.16. The zero-order chi connectivity index (χ0) is 10.7. The maximum atomic E-state index is 6.07. The van der Waals surface area contributed by atoms with E-state index in [1.165, 1.54) is 5.57 Å². The zero-order valence-corrected chi connectivity index (χ0v) is 9.91. The molecule has 1 unspecified atom stereocenters. The van der Waals surface area contributed by atoms with Crippen LogP contribution in [0.25, 0.3) is 0 Å². The van der Waals surface area contributed by atoms with Crippen molar-refractivity contribution in [2.45, 2.75) is 59.4 Å². The molecule has 1 heteroatoms. The predicted octanol–water partition coefficient (Wildman–Crippen LogP) is 3.50. The Balaban J connectivity index is 3.98. The molecule has 0 bridgehead atoms. The van der Waals surface area contributed by atoms with Crippen LogP contribution in [0.4, 0.5) is 0 Å². The van der Waals surface area contributed by atoms with Crippen molar-refractivity contribution in [1.29, 1.82) is 0 Å². The van der Waals surface area contributed by atoms with Crippen molar-refractivity contribution in [3.8, 4) is 0 Å². The van der Waals surface area contributed by atoms with Crippen LogP contribution >= 0.6 is 0 Å². The van der Waals surface area contributed by atoms with Gasteiger partial charge in [0.15, 0.2) is 0 Å². The third-order valence-corrected chi connectivity index (χ3v) is 2.87. The molecule has 0 saturated carbocycles. The number of rotatable bonds is 4. The normalized spacial score (nSPS) is 16.8. The first kappa shape index (κ1) is 12.7. The molecule has 1 nitrogen and oxygen atoms in total. The average Bonchev–Trinajstić information content (AvgIpc) is 1.98. The van der Waals surface area contributed by atoms with Gasteiger partial charge in [0.25, 0.3) is 0 Å². The molecule has 0 aliphatic rings. The molecule has 0 aromatic carbocycles. The summed E-state index contributed by atoms with van der Waals surface area (Å²) in [5, 5.41) is 0. The lowest BCUT2D eigenvalue weighted by atomic mass is 9.82. The van der Waals surface area contributed by atoms with Gasteiger partial charge >= 0.3 is 0 Å². The maximum absolute atomic E-state index is 6.07. The summed E-state index contributed by atoms with van der Waals surface area (Å²) in [4.78, 5) is 0. The molecule has 0 aromatic heterocycles. The van der Waals surface area contributed by atoms with Crippen LogP contribution in [0.15, 0.2) is 12.2 Å². The highest BCUT2D eigenvalue weighted by Gasteiger charge is 2.20. The van der Waals surface area contributed by atoms with E-state index in [1.807, 2.05) is 0 Å². The molecule has 0 heterocycles. The van der Waals surface area contributed by atoms with E-state index in [1.54, 1.807) is 0 Å². The van der Waals surface area contributed by atoms with Crippen LogP contribution in [0.1, 0.15) is 53.9 Å². The molecule has 1 atom stereocenters. The third kappa shape index (κ3) is 5.09. The van der Waals surface area contributed by atoms with Gasteiger partial charge < -0.3 is 5.73 Å². The highest BCUT2D eigenvalue weighted by atomic mass is 14.7. The lowest BCUT2D eigenvalue weighted by Crippen LogP contribution is -2.35. The largest absolute Gasteiger partial charge is 0.325 e. The Kier molecular flexibility index (Phi) is 4.18. The van der Waals surface area contributed by atoms with Crippen molar-refractivity contribution < 1.29 is 0 Å². The van der Waals surface area contributed by atoms with Crippen molar-refractivity contribution in [3.05, 3.63) is 12.2 Å². The molecule has 0 saturated heterocycles. The van der Waals surface area contributed by atoms with Crippen LogP contribution in [0.5, 0.6) is 0 Å². The number of nitrogens with two attached hydrogens (primary N) is 1. The monoisotopic (exact) mass is 183 g/mol. The van der Waals surface area contributed by atoms with Gasteiger partial charge in [-0.25, -0.2) is 0 Å². The molecule has 0 amide bonds. The average molecular weight is 183 g/mol. The lowest BCUT2D eigenvalue weighted by molar-refractivity contribution is 0.392. The quantitative estimate of drug-likeness (QED) is 0.663. The van der Waals surface area contributed by atoms with Gasteiger partial charge in [-0.05, 0) is 31.6 Å². The fraction of sp³-hybridized carbons (Fsp3) is 0.833. The number of hydrogen-bond donors (Lipinski definition) is 1. The SMILES string of the molecule is C=C(CCC(C)(N)CC)C(C)(C)C.